The van der Waals surface area contributed by atoms with E-state index in [1.165, 1.54) is 0 Å². The molecule has 2 N–H and O–H groups in total. The molecule has 1 atom stereocenters. The van der Waals surface area contributed by atoms with E-state index in [9.17, 15) is 4.79 Å². The van der Waals surface area contributed by atoms with Crippen molar-refractivity contribution in [1.29, 1.82) is 0 Å². The first kappa shape index (κ1) is 16.0. The molecule has 19 heavy (non-hydrogen) atoms. The van der Waals surface area contributed by atoms with Crippen molar-refractivity contribution in [2.45, 2.75) is 32.7 Å². The monoisotopic (exact) mass is 286 g/mol. The van der Waals surface area contributed by atoms with Crippen molar-refractivity contribution in [1.82, 2.24) is 20.4 Å². The zero-order chi connectivity index (χ0) is 13.0. The largest absolute Gasteiger partial charge is 0.352 e. The van der Waals surface area contributed by atoms with Crippen molar-refractivity contribution in [2.24, 2.45) is 13.0 Å². The van der Waals surface area contributed by atoms with Crippen LogP contribution in [0.4, 0.5) is 0 Å². The van der Waals surface area contributed by atoms with Crippen molar-refractivity contribution < 1.29 is 4.79 Å². The molecule has 6 heteroatoms. The molecule has 0 spiro atoms. The fraction of sp³-hybridized carbons (Fsp3) is 0.692. The summed E-state index contributed by atoms with van der Waals surface area (Å²) in [6.45, 7) is 4.51. The number of piperidine rings is 1. The summed E-state index contributed by atoms with van der Waals surface area (Å²) in [7, 11) is 1.91. The summed E-state index contributed by atoms with van der Waals surface area (Å²) >= 11 is 0. The number of hydrogen-bond donors (Lipinski definition) is 2. The Hall–Kier alpha value is -1.07. The van der Waals surface area contributed by atoms with Gasteiger partial charge in [-0.3, -0.25) is 9.48 Å². The minimum absolute atomic E-state index is 0. The number of hydrogen-bond acceptors (Lipinski definition) is 3. The smallest absolute Gasteiger partial charge is 0.224 e. The highest BCUT2D eigenvalue weighted by Gasteiger charge is 2.20. The number of aromatic nitrogens is 2. The highest BCUT2D eigenvalue weighted by Crippen LogP contribution is 2.11. The van der Waals surface area contributed by atoms with E-state index in [1.54, 1.807) is 0 Å². The Balaban J connectivity index is 0.00000180. The Morgan fingerprint density at radius 3 is 3.05 bits per heavy atom. The Morgan fingerprint density at radius 1 is 1.63 bits per heavy atom. The number of rotatable bonds is 4. The van der Waals surface area contributed by atoms with Crippen LogP contribution in [0.3, 0.4) is 0 Å². The van der Waals surface area contributed by atoms with Crippen LogP contribution in [0.2, 0.25) is 0 Å². The zero-order valence-electron chi connectivity index (χ0n) is 11.6. The van der Waals surface area contributed by atoms with Crippen LogP contribution in [0.25, 0.3) is 0 Å². The lowest BCUT2D eigenvalue weighted by Gasteiger charge is -2.21. The van der Waals surface area contributed by atoms with Crippen molar-refractivity contribution in [3.05, 3.63) is 17.5 Å². The molecule has 5 nitrogen and oxygen atoms in total. The molecule has 1 aromatic heterocycles. The maximum atomic E-state index is 12.0. The predicted molar refractivity (Wildman–Crippen MR) is 77.3 cm³/mol. The van der Waals surface area contributed by atoms with Gasteiger partial charge in [0.25, 0.3) is 0 Å². The van der Waals surface area contributed by atoms with Crippen molar-refractivity contribution >= 4 is 18.3 Å². The van der Waals surface area contributed by atoms with Crippen LogP contribution >= 0.6 is 12.4 Å². The molecule has 2 rings (SSSR count). The van der Waals surface area contributed by atoms with E-state index in [4.69, 9.17) is 0 Å². The molecule has 108 valence electrons. The van der Waals surface area contributed by atoms with Crippen LogP contribution in [0, 0.1) is 5.92 Å². The lowest BCUT2D eigenvalue weighted by molar-refractivity contribution is -0.125. The fourth-order valence-electron chi connectivity index (χ4n) is 2.43. The number of carbonyl (C=O) groups excluding carboxylic acids is 1. The minimum Gasteiger partial charge on any atom is -0.352 e. The standard InChI is InChI=1S/C13H22N4O.ClH/c1-3-12-11(9-17(2)16-12)8-15-13(18)10-5-4-6-14-7-10;/h9-10,14H,3-8H2,1-2H3,(H,15,18);1H/t10-;/m1./s1. The van der Waals surface area contributed by atoms with Gasteiger partial charge in [-0.1, -0.05) is 6.92 Å². The maximum Gasteiger partial charge on any atom is 0.224 e. The molecular formula is C13H23ClN4O. The van der Waals surface area contributed by atoms with Gasteiger partial charge in [-0.15, -0.1) is 12.4 Å². The number of nitrogens with one attached hydrogen (secondary N) is 2. The molecule has 2 heterocycles. The SMILES string of the molecule is CCc1nn(C)cc1CNC(=O)[C@@H]1CCCNC1.Cl. The topological polar surface area (TPSA) is 59.0 Å². The lowest BCUT2D eigenvalue weighted by atomic mass is 9.99. The van der Waals surface area contributed by atoms with E-state index < -0.39 is 0 Å². The Bertz CT molecular complexity index is 413. The second kappa shape index (κ2) is 7.50. The first-order chi connectivity index (χ1) is 8.70. The van der Waals surface area contributed by atoms with Crippen molar-refractivity contribution in [3.63, 3.8) is 0 Å². The molecule has 1 amide bonds. The summed E-state index contributed by atoms with van der Waals surface area (Å²) in [4.78, 5) is 12.0. The Morgan fingerprint density at radius 2 is 2.42 bits per heavy atom. The highest BCUT2D eigenvalue weighted by atomic mass is 35.5. The van der Waals surface area contributed by atoms with Gasteiger partial charge in [0.1, 0.15) is 0 Å². The van der Waals surface area contributed by atoms with Crippen LogP contribution in [0.15, 0.2) is 6.20 Å². The number of nitrogens with zero attached hydrogens (tertiary/aromatic N) is 2. The van der Waals surface area contributed by atoms with Gasteiger partial charge in [0, 0.05) is 31.9 Å². The third kappa shape index (κ3) is 4.21. The van der Waals surface area contributed by atoms with Gasteiger partial charge in [-0.25, -0.2) is 0 Å². The van der Waals surface area contributed by atoms with Gasteiger partial charge in [-0.05, 0) is 25.8 Å². The molecule has 1 fully saturated rings. The third-order valence-corrected chi connectivity index (χ3v) is 3.45. The number of amides is 1. The molecule has 1 aromatic rings. The number of carbonyl (C=O) groups is 1. The first-order valence-electron chi connectivity index (χ1n) is 6.70. The molecule has 0 bridgehead atoms. The van der Waals surface area contributed by atoms with E-state index in [0.717, 1.165) is 43.6 Å². The van der Waals surface area contributed by atoms with E-state index in [1.807, 2.05) is 17.9 Å². The second-order valence-electron chi connectivity index (χ2n) is 4.89. The van der Waals surface area contributed by atoms with E-state index in [2.05, 4.69) is 22.7 Å². The summed E-state index contributed by atoms with van der Waals surface area (Å²) in [5.41, 5.74) is 2.19. The molecule has 1 aliphatic rings. The zero-order valence-corrected chi connectivity index (χ0v) is 12.4. The summed E-state index contributed by atoms with van der Waals surface area (Å²) in [6, 6.07) is 0. The van der Waals surface area contributed by atoms with Crippen molar-refractivity contribution in [2.75, 3.05) is 13.1 Å². The summed E-state index contributed by atoms with van der Waals surface area (Å²) in [6.07, 6.45) is 4.97. The van der Waals surface area contributed by atoms with Gasteiger partial charge in [0.15, 0.2) is 0 Å². The minimum atomic E-state index is 0. The summed E-state index contributed by atoms with van der Waals surface area (Å²) in [5, 5.41) is 10.7. The summed E-state index contributed by atoms with van der Waals surface area (Å²) in [5.74, 6) is 0.286. The molecule has 1 aliphatic heterocycles. The lowest BCUT2D eigenvalue weighted by Crippen LogP contribution is -2.40. The Labute approximate surface area is 120 Å². The summed E-state index contributed by atoms with van der Waals surface area (Å²) < 4.78 is 1.81. The number of halogens is 1. The van der Waals surface area contributed by atoms with E-state index >= 15 is 0 Å². The average molecular weight is 287 g/mol. The van der Waals surface area contributed by atoms with Crippen LogP contribution in [0.1, 0.15) is 31.0 Å². The molecule has 0 aromatic carbocycles. The van der Waals surface area contributed by atoms with E-state index in [-0.39, 0.29) is 24.2 Å². The number of aryl methyl sites for hydroxylation is 2. The highest BCUT2D eigenvalue weighted by molar-refractivity contribution is 5.85. The fourth-order valence-corrected chi connectivity index (χ4v) is 2.43. The van der Waals surface area contributed by atoms with Crippen molar-refractivity contribution in [3.8, 4) is 0 Å². The van der Waals surface area contributed by atoms with Gasteiger partial charge in [0.2, 0.25) is 5.91 Å². The van der Waals surface area contributed by atoms with Gasteiger partial charge in [0.05, 0.1) is 11.6 Å². The quantitative estimate of drug-likeness (QED) is 0.869. The Kier molecular flexibility index (Phi) is 6.31. The molecule has 0 aliphatic carbocycles. The van der Waals surface area contributed by atoms with Gasteiger partial charge in [-0.2, -0.15) is 5.10 Å². The molecular weight excluding hydrogens is 264 g/mol. The molecule has 0 saturated carbocycles. The van der Waals surface area contributed by atoms with E-state index in [0.29, 0.717) is 6.54 Å². The predicted octanol–water partition coefficient (Wildman–Crippen LogP) is 1.02. The molecule has 1 saturated heterocycles. The normalized spacial score (nSPS) is 18.7. The molecule has 0 unspecified atom stereocenters. The van der Waals surface area contributed by atoms with Gasteiger partial charge < -0.3 is 10.6 Å². The van der Waals surface area contributed by atoms with Crippen LogP contribution in [0.5, 0.6) is 0 Å². The average Bonchev–Trinajstić information content (AvgIpc) is 2.77. The third-order valence-electron chi connectivity index (χ3n) is 3.45. The maximum absolute atomic E-state index is 12.0. The van der Waals surface area contributed by atoms with Crippen LogP contribution in [-0.2, 0) is 24.8 Å². The first-order valence-corrected chi connectivity index (χ1v) is 6.70. The second-order valence-corrected chi connectivity index (χ2v) is 4.89. The molecule has 0 radical (unpaired) electrons. The van der Waals surface area contributed by atoms with Gasteiger partial charge >= 0.3 is 0 Å². The van der Waals surface area contributed by atoms with Crippen LogP contribution in [-0.4, -0.2) is 28.8 Å². The van der Waals surface area contributed by atoms with Crippen LogP contribution < -0.4 is 10.6 Å².